The molecule has 4 unspecified atom stereocenters. The van der Waals surface area contributed by atoms with Gasteiger partial charge in [-0.25, -0.2) is 0 Å². The molecule has 0 saturated heterocycles. The first-order valence-corrected chi connectivity index (χ1v) is 11.4. The third kappa shape index (κ3) is 12.2. The summed E-state index contributed by atoms with van der Waals surface area (Å²) in [5.74, 6) is -2.98. The van der Waals surface area contributed by atoms with Crippen LogP contribution in [0.4, 0.5) is 0 Å². The molecule has 0 bridgehead atoms. The predicted molar refractivity (Wildman–Crippen MR) is 118 cm³/mol. The lowest BCUT2D eigenvalue weighted by Gasteiger charge is -2.25. The van der Waals surface area contributed by atoms with Crippen molar-refractivity contribution in [3.63, 3.8) is 0 Å². The van der Waals surface area contributed by atoms with E-state index < -0.39 is 53.8 Å². The zero-order chi connectivity index (χ0) is 24.1. The number of carbonyl (C=O) groups excluding carboxylic acids is 4. The van der Waals surface area contributed by atoms with Gasteiger partial charge in [0.2, 0.25) is 23.6 Å². The van der Waals surface area contributed by atoms with E-state index in [4.69, 9.17) is 16.6 Å². The van der Waals surface area contributed by atoms with Crippen molar-refractivity contribution >= 4 is 41.4 Å². The van der Waals surface area contributed by atoms with Crippen LogP contribution in [0, 0.1) is 5.92 Å². The smallest absolute Gasteiger partial charge is 0.325 e. The first-order valence-electron chi connectivity index (χ1n) is 10.1. The van der Waals surface area contributed by atoms with Gasteiger partial charge in [-0.3, -0.25) is 24.0 Å². The average molecular weight is 462 g/mol. The number of nitrogens with two attached hydrogens (primary N) is 2. The molecule has 0 aromatic heterocycles. The number of carbonyl (C=O) groups is 5. The van der Waals surface area contributed by atoms with E-state index in [1.54, 1.807) is 0 Å². The molecule has 0 aromatic rings. The Morgan fingerprint density at radius 1 is 0.903 bits per heavy atom. The van der Waals surface area contributed by atoms with E-state index in [1.165, 1.54) is 18.7 Å². The molecule has 0 aliphatic carbocycles. The van der Waals surface area contributed by atoms with E-state index in [1.807, 2.05) is 20.1 Å². The molecular formula is C19H35N5O6S. The zero-order valence-corrected chi connectivity index (χ0v) is 19.3. The second-order valence-electron chi connectivity index (χ2n) is 7.71. The summed E-state index contributed by atoms with van der Waals surface area (Å²) in [6, 6.07) is -4.04. The molecule has 12 heteroatoms. The SMILES string of the molecule is CSCCC(NC(=O)C(CC(C)C)NC(=O)C(N)CCC(N)=O)C(=O)NC(C)C(=O)O. The van der Waals surface area contributed by atoms with Crippen molar-refractivity contribution < 1.29 is 29.1 Å². The van der Waals surface area contributed by atoms with E-state index in [2.05, 4.69) is 16.0 Å². The van der Waals surface area contributed by atoms with Crippen LogP contribution in [0.2, 0.25) is 0 Å². The van der Waals surface area contributed by atoms with E-state index >= 15 is 0 Å². The summed E-state index contributed by atoms with van der Waals surface area (Å²) in [6.45, 7) is 5.06. The van der Waals surface area contributed by atoms with Gasteiger partial charge >= 0.3 is 5.97 Å². The molecule has 0 aromatic carbocycles. The number of aliphatic carboxylic acids is 1. The van der Waals surface area contributed by atoms with Crippen molar-refractivity contribution in [1.29, 1.82) is 0 Å². The van der Waals surface area contributed by atoms with Crippen LogP contribution in [-0.4, -0.2) is 70.9 Å². The van der Waals surface area contributed by atoms with Crippen molar-refractivity contribution in [2.45, 2.75) is 70.6 Å². The second-order valence-corrected chi connectivity index (χ2v) is 8.70. The van der Waals surface area contributed by atoms with Crippen molar-refractivity contribution in [3.8, 4) is 0 Å². The van der Waals surface area contributed by atoms with Gasteiger partial charge in [0.05, 0.1) is 6.04 Å². The minimum atomic E-state index is -1.20. The van der Waals surface area contributed by atoms with E-state index in [0.29, 0.717) is 12.2 Å². The van der Waals surface area contributed by atoms with Crippen LogP contribution in [0.15, 0.2) is 0 Å². The Labute approximate surface area is 186 Å². The zero-order valence-electron chi connectivity index (χ0n) is 18.5. The highest BCUT2D eigenvalue weighted by molar-refractivity contribution is 7.98. The third-order valence-electron chi connectivity index (χ3n) is 4.35. The largest absolute Gasteiger partial charge is 0.480 e. The van der Waals surface area contributed by atoms with Gasteiger partial charge < -0.3 is 32.5 Å². The topological polar surface area (TPSA) is 194 Å². The minimum absolute atomic E-state index is 0.0447. The molecule has 0 rings (SSSR count). The molecule has 4 atom stereocenters. The maximum absolute atomic E-state index is 12.9. The Morgan fingerprint density at radius 3 is 1.94 bits per heavy atom. The van der Waals surface area contributed by atoms with Crippen molar-refractivity contribution in [1.82, 2.24) is 16.0 Å². The summed E-state index contributed by atoms with van der Waals surface area (Å²) in [6.07, 6.45) is 2.40. The molecule has 178 valence electrons. The van der Waals surface area contributed by atoms with Crippen LogP contribution in [0.25, 0.3) is 0 Å². The van der Waals surface area contributed by atoms with Crippen LogP contribution < -0.4 is 27.4 Å². The highest BCUT2D eigenvalue weighted by Gasteiger charge is 2.29. The first-order chi connectivity index (χ1) is 14.4. The minimum Gasteiger partial charge on any atom is -0.480 e. The van der Waals surface area contributed by atoms with E-state index in [9.17, 15) is 24.0 Å². The van der Waals surface area contributed by atoms with Crippen LogP contribution >= 0.6 is 11.8 Å². The van der Waals surface area contributed by atoms with Gasteiger partial charge in [-0.2, -0.15) is 11.8 Å². The summed E-state index contributed by atoms with van der Waals surface area (Å²) in [5.41, 5.74) is 10.8. The predicted octanol–water partition coefficient (Wildman–Crippen LogP) is -1.06. The van der Waals surface area contributed by atoms with Crippen LogP contribution in [0.5, 0.6) is 0 Å². The quantitative estimate of drug-likeness (QED) is 0.177. The van der Waals surface area contributed by atoms with Crippen LogP contribution in [0.3, 0.4) is 0 Å². The third-order valence-corrected chi connectivity index (χ3v) is 5.00. The molecule has 31 heavy (non-hydrogen) atoms. The number of nitrogens with one attached hydrogen (secondary N) is 3. The van der Waals surface area contributed by atoms with Gasteiger partial charge in [-0.05, 0) is 44.1 Å². The Balaban J connectivity index is 5.27. The molecule has 0 radical (unpaired) electrons. The fraction of sp³-hybridized carbons (Fsp3) is 0.737. The van der Waals surface area contributed by atoms with Gasteiger partial charge in [-0.1, -0.05) is 13.8 Å². The number of carboxylic acid groups (broad SMARTS) is 1. The Kier molecular flexibility index (Phi) is 13.5. The van der Waals surface area contributed by atoms with Crippen molar-refractivity contribution in [2.75, 3.05) is 12.0 Å². The van der Waals surface area contributed by atoms with E-state index in [0.717, 1.165) is 0 Å². The standard InChI is InChI=1S/C19H35N5O6S/c1-10(2)9-14(24-16(26)12(20)5-6-15(21)25)18(28)23-13(7-8-31-4)17(27)22-11(3)19(29)30/h10-14H,5-9,20H2,1-4H3,(H2,21,25)(H,22,27)(H,23,28)(H,24,26)(H,29,30). The van der Waals surface area contributed by atoms with Gasteiger partial charge in [0.25, 0.3) is 0 Å². The number of thioether (sulfide) groups is 1. The monoisotopic (exact) mass is 461 g/mol. The van der Waals surface area contributed by atoms with Gasteiger partial charge in [0.1, 0.15) is 18.1 Å². The number of carboxylic acids is 1. The van der Waals surface area contributed by atoms with Gasteiger partial charge in [-0.15, -0.1) is 0 Å². The second kappa shape index (κ2) is 14.6. The summed E-state index contributed by atoms with van der Waals surface area (Å²) in [5, 5.41) is 16.5. The summed E-state index contributed by atoms with van der Waals surface area (Å²) < 4.78 is 0. The molecule has 0 spiro atoms. The Bertz CT molecular complexity index is 645. The van der Waals surface area contributed by atoms with Gasteiger partial charge in [0, 0.05) is 6.42 Å². The molecule has 0 aliphatic rings. The van der Waals surface area contributed by atoms with Crippen molar-refractivity contribution in [3.05, 3.63) is 0 Å². The molecule has 0 saturated carbocycles. The Hall–Kier alpha value is -2.34. The molecule has 4 amide bonds. The fourth-order valence-corrected chi connectivity index (χ4v) is 3.03. The number of rotatable bonds is 15. The first kappa shape index (κ1) is 28.7. The lowest BCUT2D eigenvalue weighted by molar-refractivity contribution is -0.141. The fourth-order valence-electron chi connectivity index (χ4n) is 2.56. The molecule has 11 nitrogen and oxygen atoms in total. The molecule has 8 N–H and O–H groups in total. The normalized spacial score (nSPS) is 14.8. The van der Waals surface area contributed by atoms with Gasteiger partial charge in [0.15, 0.2) is 0 Å². The van der Waals surface area contributed by atoms with Crippen LogP contribution in [-0.2, 0) is 24.0 Å². The number of amides is 4. The Morgan fingerprint density at radius 2 is 1.45 bits per heavy atom. The lowest BCUT2D eigenvalue weighted by Crippen LogP contribution is -2.57. The molecular weight excluding hydrogens is 426 g/mol. The highest BCUT2D eigenvalue weighted by Crippen LogP contribution is 2.08. The summed E-state index contributed by atoms with van der Waals surface area (Å²) in [7, 11) is 0. The highest BCUT2D eigenvalue weighted by atomic mass is 32.2. The molecule has 0 aliphatic heterocycles. The summed E-state index contributed by atoms with van der Waals surface area (Å²) >= 11 is 1.47. The lowest BCUT2D eigenvalue weighted by atomic mass is 10.0. The van der Waals surface area contributed by atoms with Crippen molar-refractivity contribution in [2.24, 2.45) is 17.4 Å². The maximum atomic E-state index is 12.9. The molecule has 0 heterocycles. The number of primary amides is 1. The number of hydrogen-bond acceptors (Lipinski definition) is 7. The van der Waals surface area contributed by atoms with E-state index in [-0.39, 0.29) is 25.2 Å². The summed E-state index contributed by atoms with van der Waals surface area (Å²) in [4.78, 5) is 59.6. The number of hydrogen-bond donors (Lipinski definition) is 6. The average Bonchev–Trinajstić information content (AvgIpc) is 2.67. The maximum Gasteiger partial charge on any atom is 0.325 e. The van der Waals surface area contributed by atoms with Crippen LogP contribution in [0.1, 0.15) is 46.5 Å². The molecule has 0 fully saturated rings.